The van der Waals surface area contributed by atoms with Gasteiger partial charge in [0.2, 0.25) is 0 Å². The topological polar surface area (TPSA) is 37.6 Å². The van der Waals surface area contributed by atoms with E-state index < -0.39 is 0 Å². The van der Waals surface area contributed by atoms with E-state index in [1.54, 1.807) is 0 Å². The van der Waals surface area contributed by atoms with Gasteiger partial charge in [-0.3, -0.25) is 9.98 Å². The Morgan fingerprint density at radius 2 is 0.773 bits per heavy atom. The normalized spacial score (nSPS) is 11.8. The summed E-state index contributed by atoms with van der Waals surface area (Å²) in [7, 11) is 0. The molecule has 0 radical (unpaired) electrons. The van der Waals surface area contributed by atoms with Gasteiger partial charge in [0, 0.05) is 5.02 Å². The number of benzene rings is 2. The van der Waals surface area contributed by atoms with E-state index >= 15 is 0 Å². The third-order valence-corrected chi connectivity index (χ3v) is 7.90. The molecule has 0 aliphatic carbocycles. The van der Waals surface area contributed by atoms with Crippen molar-refractivity contribution in [2.75, 3.05) is 0 Å². The molecule has 0 saturated heterocycles. The molecular formula is C37H50Cl3FeN3. The van der Waals surface area contributed by atoms with Crippen LogP contribution in [-0.2, 0) is 17.1 Å². The van der Waals surface area contributed by atoms with Crippen molar-refractivity contribution >= 4 is 35.4 Å². The van der Waals surface area contributed by atoms with Crippen LogP contribution in [0.1, 0.15) is 163 Å². The van der Waals surface area contributed by atoms with Crippen LogP contribution < -0.4 is 24.8 Å². The summed E-state index contributed by atoms with van der Waals surface area (Å²) in [5.74, 6) is 2.38. The van der Waals surface area contributed by atoms with Crippen LogP contribution in [0, 0.1) is 0 Å². The van der Waals surface area contributed by atoms with Crippen molar-refractivity contribution in [2.45, 2.75) is 119 Å². The van der Waals surface area contributed by atoms with Crippen LogP contribution in [0.15, 0.2) is 46.4 Å². The van der Waals surface area contributed by atoms with Gasteiger partial charge in [0.05, 0.1) is 35.2 Å². The van der Waals surface area contributed by atoms with Gasteiger partial charge in [-0.2, -0.15) is 0 Å². The first-order valence-corrected chi connectivity index (χ1v) is 15.7. The second-order valence-corrected chi connectivity index (χ2v) is 13.6. The first-order chi connectivity index (χ1) is 19.2. The van der Waals surface area contributed by atoms with Crippen molar-refractivity contribution in [3.63, 3.8) is 0 Å². The Morgan fingerprint density at radius 3 is 1.00 bits per heavy atom. The summed E-state index contributed by atoms with van der Waals surface area (Å²) in [6.07, 6.45) is 3.70. The number of hydrogen-bond donors (Lipinski definition) is 0. The van der Waals surface area contributed by atoms with Gasteiger partial charge < -0.3 is 24.8 Å². The Morgan fingerprint density at radius 1 is 0.500 bits per heavy atom. The molecule has 2 aromatic carbocycles. The van der Waals surface area contributed by atoms with Crippen LogP contribution in [0.3, 0.4) is 0 Å². The molecule has 0 atom stereocenters. The van der Waals surface area contributed by atoms with Crippen LogP contribution >= 0.6 is 11.6 Å². The molecule has 3 nitrogen and oxygen atoms in total. The number of halogens is 3. The zero-order chi connectivity index (χ0) is 30.6. The minimum absolute atomic E-state index is 0. The minimum Gasteiger partial charge on any atom is -1.00 e. The summed E-state index contributed by atoms with van der Waals surface area (Å²) < 4.78 is 0. The summed E-state index contributed by atoms with van der Waals surface area (Å²) in [5.41, 5.74) is 11.3. The van der Waals surface area contributed by atoms with Crippen LogP contribution in [-0.4, -0.2) is 17.4 Å². The molecule has 1 aromatic heterocycles. The monoisotopic (exact) mass is 697 g/mol. The second-order valence-electron chi connectivity index (χ2n) is 13.2. The Balaban J connectivity index is 0.00000616. The molecule has 3 rings (SSSR count). The number of aliphatic imine (C=N–C) groups is 2. The van der Waals surface area contributed by atoms with Crippen molar-refractivity contribution in [1.82, 2.24) is 4.98 Å². The van der Waals surface area contributed by atoms with Crippen molar-refractivity contribution in [1.29, 1.82) is 0 Å². The Bertz CT molecular complexity index is 1260. The molecule has 44 heavy (non-hydrogen) atoms. The Labute approximate surface area is 295 Å². The second kappa shape index (κ2) is 18.5. The fraction of sp³-hybridized carbons (Fsp3) is 0.486. The maximum Gasteiger partial charge on any atom is 2.00 e. The third kappa shape index (κ3) is 10.7. The number of pyridine rings is 1. The van der Waals surface area contributed by atoms with Crippen LogP contribution in [0.5, 0.6) is 0 Å². The van der Waals surface area contributed by atoms with Crippen molar-refractivity contribution in [3.8, 4) is 0 Å². The van der Waals surface area contributed by atoms with E-state index in [1.807, 2.05) is 24.6 Å². The van der Waals surface area contributed by atoms with E-state index in [4.69, 9.17) is 26.6 Å². The maximum absolute atomic E-state index is 6.59. The largest absolute Gasteiger partial charge is 2.00 e. The van der Waals surface area contributed by atoms with E-state index in [2.05, 4.69) is 107 Å². The van der Waals surface area contributed by atoms with Gasteiger partial charge in [0.15, 0.2) is 0 Å². The Kier molecular flexibility index (Phi) is 17.8. The molecule has 0 bridgehead atoms. The number of aromatic nitrogens is 1. The quantitative estimate of drug-likeness (QED) is 0.190. The standard InChI is InChI=1S/C37H50ClN3.2ClH.Fe/c1-21(2)27-13-32(23(5)6)36(33(14-27)24(7)8)39-19-30-17-29(38)18-31(41-30)20-40-37-34(25(9)10)15-28(22(3)4)16-35(37)26(11)12;;;/h13-26H,1-12H3;2*1H;/q;;;+2/p-2. The molecule has 0 N–H and O–H groups in total. The molecule has 3 aromatic rings. The van der Waals surface area contributed by atoms with Gasteiger partial charge >= 0.3 is 17.1 Å². The predicted octanol–water partition coefficient (Wildman–Crippen LogP) is 5.98. The fourth-order valence-electron chi connectivity index (χ4n) is 5.07. The van der Waals surface area contributed by atoms with E-state index in [9.17, 15) is 0 Å². The molecule has 0 fully saturated rings. The summed E-state index contributed by atoms with van der Waals surface area (Å²) in [6, 6.07) is 13.0. The fourth-order valence-corrected chi connectivity index (χ4v) is 5.29. The van der Waals surface area contributed by atoms with Crippen molar-refractivity contribution in [2.24, 2.45) is 9.98 Å². The van der Waals surface area contributed by atoms with E-state index in [-0.39, 0.29) is 41.9 Å². The van der Waals surface area contributed by atoms with Crippen molar-refractivity contribution in [3.05, 3.63) is 86.2 Å². The molecule has 0 aliphatic rings. The van der Waals surface area contributed by atoms with Gasteiger partial charge in [-0.1, -0.05) is 119 Å². The molecule has 1 heterocycles. The predicted molar refractivity (Wildman–Crippen MR) is 181 cm³/mol. The average molecular weight is 699 g/mol. The SMILES string of the molecule is CC(C)c1cc(C(C)C)c(N=Cc2cc(Cl)cc(C=Nc3c(C(C)C)cc(C(C)C)cc3C(C)C)n2)c(C(C)C)c1.[Cl-].[Cl-].[Fe+2]. The molecule has 7 heteroatoms. The number of hydrogen-bond acceptors (Lipinski definition) is 3. The molecule has 0 unspecified atom stereocenters. The summed E-state index contributed by atoms with van der Waals surface area (Å²) in [6.45, 7) is 26.9. The maximum atomic E-state index is 6.59. The first-order valence-electron chi connectivity index (χ1n) is 15.3. The van der Waals surface area contributed by atoms with Gasteiger partial charge in [-0.25, -0.2) is 4.98 Å². The first kappa shape index (κ1) is 42.3. The molecule has 0 saturated carbocycles. The van der Waals surface area contributed by atoms with E-state index in [1.165, 1.54) is 33.4 Å². The molecule has 0 amide bonds. The Hall–Kier alpha value is -1.68. The summed E-state index contributed by atoms with van der Waals surface area (Å²) >= 11 is 6.59. The van der Waals surface area contributed by atoms with E-state index in [0.29, 0.717) is 40.5 Å². The van der Waals surface area contributed by atoms with Crippen molar-refractivity contribution < 1.29 is 41.9 Å². The van der Waals surface area contributed by atoms with Crippen LogP contribution in [0.4, 0.5) is 11.4 Å². The molecular weight excluding hydrogens is 649 g/mol. The van der Waals surface area contributed by atoms with Crippen LogP contribution in [0.25, 0.3) is 0 Å². The number of nitrogens with zero attached hydrogens (tertiary/aromatic N) is 3. The zero-order valence-electron chi connectivity index (χ0n) is 28.4. The molecule has 242 valence electrons. The average Bonchev–Trinajstić information content (AvgIpc) is 2.88. The van der Waals surface area contributed by atoms with Gasteiger partial charge in [0.1, 0.15) is 0 Å². The molecule has 0 aliphatic heterocycles. The summed E-state index contributed by atoms with van der Waals surface area (Å²) in [5, 5.41) is 0.620. The van der Waals surface area contributed by atoms with E-state index in [0.717, 1.165) is 22.8 Å². The van der Waals surface area contributed by atoms with Crippen LogP contribution in [0.2, 0.25) is 5.02 Å². The third-order valence-electron chi connectivity index (χ3n) is 7.69. The molecule has 0 spiro atoms. The minimum atomic E-state index is 0. The summed E-state index contributed by atoms with van der Waals surface area (Å²) in [4.78, 5) is 14.9. The number of rotatable bonds is 10. The van der Waals surface area contributed by atoms with Gasteiger partial charge in [0.25, 0.3) is 0 Å². The van der Waals surface area contributed by atoms with Gasteiger partial charge in [-0.05, 0) is 81.0 Å². The smallest absolute Gasteiger partial charge is 1.00 e. The van der Waals surface area contributed by atoms with Gasteiger partial charge in [-0.15, -0.1) is 0 Å². The zero-order valence-corrected chi connectivity index (χ0v) is 31.8.